The molecule has 4 rings (SSSR count). The van der Waals surface area contributed by atoms with Crippen molar-refractivity contribution in [3.63, 3.8) is 0 Å². The summed E-state index contributed by atoms with van der Waals surface area (Å²) in [6.45, 7) is 0. The average molecular weight is 445 g/mol. The van der Waals surface area contributed by atoms with E-state index in [1.165, 1.54) is 4.57 Å². The van der Waals surface area contributed by atoms with Crippen LogP contribution in [-0.2, 0) is 0 Å². The number of ether oxygens (including phenoxy) is 2. The molecule has 3 aromatic carbocycles. The zero-order chi connectivity index (χ0) is 22.7. The molecule has 0 aliphatic carbocycles. The highest BCUT2D eigenvalue weighted by Gasteiger charge is 2.23. The summed E-state index contributed by atoms with van der Waals surface area (Å²) in [5.41, 5.74) is 1.44. The van der Waals surface area contributed by atoms with Gasteiger partial charge in [-0.05, 0) is 78.4 Å². The minimum atomic E-state index is -0.494. The lowest BCUT2D eigenvalue weighted by Crippen LogP contribution is -2.28. The molecule has 1 aromatic heterocycles. The Morgan fingerprint density at radius 3 is 1.97 bits per heavy atom. The summed E-state index contributed by atoms with van der Waals surface area (Å²) in [5.74, 6) is 0.860. The molecule has 4 aromatic rings. The van der Waals surface area contributed by atoms with Crippen LogP contribution in [0.25, 0.3) is 16.9 Å². The first-order valence-corrected chi connectivity index (χ1v) is 10.2. The number of nitrogens with one attached hydrogen (secondary N) is 1. The van der Waals surface area contributed by atoms with E-state index in [9.17, 15) is 9.59 Å². The first-order chi connectivity index (χ1) is 15.5. The van der Waals surface area contributed by atoms with Crippen molar-refractivity contribution >= 4 is 18.0 Å². The maximum atomic E-state index is 13.7. The molecule has 0 amide bonds. The van der Waals surface area contributed by atoms with Crippen molar-refractivity contribution in [1.82, 2.24) is 9.55 Å². The Morgan fingerprint density at radius 2 is 1.41 bits per heavy atom. The van der Waals surface area contributed by atoms with Crippen LogP contribution >= 0.6 is 12.2 Å². The molecule has 160 valence electrons. The van der Waals surface area contributed by atoms with Gasteiger partial charge in [0.25, 0.3) is 5.56 Å². The predicted molar refractivity (Wildman–Crippen MR) is 126 cm³/mol. The highest BCUT2D eigenvalue weighted by atomic mass is 32.1. The second-order valence-electron chi connectivity index (χ2n) is 6.94. The number of H-pyrrole nitrogens is 1. The Labute approximate surface area is 189 Å². The van der Waals surface area contributed by atoms with Gasteiger partial charge in [-0.25, -0.2) is 0 Å². The summed E-state index contributed by atoms with van der Waals surface area (Å²) in [4.78, 5) is 30.3. The van der Waals surface area contributed by atoms with Gasteiger partial charge in [-0.15, -0.1) is 0 Å². The van der Waals surface area contributed by atoms with E-state index in [4.69, 9.17) is 21.7 Å². The molecule has 0 aliphatic heterocycles. The highest BCUT2D eigenvalue weighted by Crippen LogP contribution is 2.25. The van der Waals surface area contributed by atoms with Gasteiger partial charge in [-0.2, -0.15) is 0 Å². The molecule has 0 saturated heterocycles. The lowest BCUT2D eigenvalue weighted by Gasteiger charge is -2.14. The van der Waals surface area contributed by atoms with E-state index >= 15 is 0 Å². The second kappa shape index (κ2) is 9.03. The van der Waals surface area contributed by atoms with Crippen molar-refractivity contribution in [2.75, 3.05) is 14.2 Å². The summed E-state index contributed by atoms with van der Waals surface area (Å²) < 4.78 is 11.9. The van der Waals surface area contributed by atoms with E-state index < -0.39 is 11.3 Å². The number of aromatic amines is 1. The van der Waals surface area contributed by atoms with Gasteiger partial charge in [0.05, 0.1) is 25.6 Å². The van der Waals surface area contributed by atoms with Gasteiger partial charge in [-0.3, -0.25) is 14.2 Å². The third kappa shape index (κ3) is 3.98. The zero-order valence-corrected chi connectivity index (χ0v) is 18.3. The third-order valence-electron chi connectivity index (χ3n) is 5.07. The van der Waals surface area contributed by atoms with Crippen molar-refractivity contribution in [2.45, 2.75) is 0 Å². The maximum absolute atomic E-state index is 13.7. The van der Waals surface area contributed by atoms with Crippen LogP contribution in [-0.4, -0.2) is 29.6 Å². The number of rotatable bonds is 6. The number of methoxy groups -OCH3 is 2. The number of hydrogen-bond donors (Lipinski definition) is 1. The Balaban J connectivity index is 1.97. The van der Waals surface area contributed by atoms with Crippen molar-refractivity contribution in [2.24, 2.45) is 0 Å². The smallest absolute Gasteiger partial charge is 0.270 e. The fraction of sp³-hybridized carbons (Fsp3) is 0.0800. The van der Waals surface area contributed by atoms with Crippen LogP contribution < -0.4 is 15.0 Å². The van der Waals surface area contributed by atoms with E-state index in [0.717, 1.165) is 0 Å². The predicted octanol–water partition coefficient (Wildman–Crippen LogP) is 4.81. The third-order valence-corrected chi connectivity index (χ3v) is 5.36. The van der Waals surface area contributed by atoms with E-state index in [0.29, 0.717) is 34.0 Å². The Hall–Kier alpha value is -3.97. The molecule has 0 unspecified atom stereocenters. The Morgan fingerprint density at radius 1 is 0.844 bits per heavy atom. The molecule has 7 heteroatoms. The summed E-state index contributed by atoms with van der Waals surface area (Å²) >= 11 is 5.51. The van der Waals surface area contributed by atoms with Gasteiger partial charge in [0.15, 0.2) is 4.77 Å². The lowest BCUT2D eigenvalue weighted by atomic mass is 9.99. The molecule has 6 nitrogen and oxygen atoms in total. The number of benzene rings is 3. The molecule has 0 bridgehead atoms. The molecule has 32 heavy (non-hydrogen) atoms. The van der Waals surface area contributed by atoms with Crippen molar-refractivity contribution in [3.8, 4) is 28.4 Å². The SMILES string of the molecule is COc1ccc(C(=O)c2c(-c3ccc(OC)cc3)[nH]c(=S)n(-c3ccccc3)c2=O)cc1. The molecule has 0 fully saturated rings. The number of para-hydroxylation sites is 1. The monoisotopic (exact) mass is 444 g/mol. The number of carbonyl (C=O) groups excluding carboxylic acids is 1. The van der Waals surface area contributed by atoms with Crippen molar-refractivity contribution in [1.29, 1.82) is 0 Å². The molecule has 0 spiro atoms. The van der Waals surface area contributed by atoms with Crippen LogP contribution in [0.15, 0.2) is 83.7 Å². The molecule has 0 atom stereocenters. The van der Waals surface area contributed by atoms with Crippen LogP contribution in [0.1, 0.15) is 15.9 Å². The maximum Gasteiger partial charge on any atom is 0.270 e. The van der Waals surface area contributed by atoms with E-state index in [2.05, 4.69) is 4.98 Å². The van der Waals surface area contributed by atoms with Gasteiger partial charge >= 0.3 is 0 Å². The summed E-state index contributed by atoms with van der Waals surface area (Å²) in [6, 6.07) is 22.7. The van der Waals surface area contributed by atoms with Gasteiger partial charge in [0.2, 0.25) is 5.78 Å². The minimum absolute atomic E-state index is 0.00205. The van der Waals surface area contributed by atoms with Crippen LogP contribution in [0.5, 0.6) is 11.5 Å². The largest absolute Gasteiger partial charge is 0.497 e. The number of aromatic nitrogens is 2. The standard InChI is InChI=1S/C25H20N2O4S/c1-30-19-12-8-16(9-13-19)22-21(23(28)17-10-14-20(31-2)15-11-17)24(29)27(25(32)26-22)18-6-4-3-5-7-18/h3-15H,1-2H3,(H,26,32). The lowest BCUT2D eigenvalue weighted by molar-refractivity contribution is 0.103. The number of hydrogen-bond acceptors (Lipinski definition) is 5. The summed E-state index contributed by atoms with van der Waals surface area (Å²) in [5, 5.41) is 0. The topological polar surface area (TPSA) is 73.3 Å². The van der Waals surface area contributed by atoms with Gasteiger partial charge in [-0.1, -0.05) is 18.2 Å². The first-order valence-electron chi connectivity index (χ1n) is 9.81. The molecule has 0 radical (unpaired) electrons. The van der Waals surface area contributed by atoms with Crippen LogP contribution in [0.2, 0.25) is 0 Å². The zero-order valence-electron chi connectivity index (χ0n) is 17.5. The van der Waals surface area contributed by atoms with Crippen molar-refractivity contribution in [3.05, 3.63) is 105 Å². The van der Waals surface area contributed by atoms with E-state index in [1.807, 2.05) is 6.07 Å². The summed E-state index contributed by atoms with van der Waals surface area (Å²) in [7, 11) is 3.12. The fourth-order valence-electron chi connectivity index (χ4n) is 3.42. The number of carbonyl (C=O) groups is 1. The molecule has 0 saturated carbocycles. The molecule has 1 heterocycles. The normalized spacial score (nSPS) is 10.6. The quantitative estimate of drug-likeness (QED) is 0.341. The fourth-order valence-corrected chi connectivity index (χ4v) is 3.71. The highest BCUT2D eigenvalue weighted by molar-refractivity contribution is 7.71. The van der Waals surface area contributed by atoms with E-state index in [1.54, 1.807) is 87.0 Å². The minimum Gasteiger partial charge on any atom is -0.497 e. The van der Waals surface area contributed by atoms with Crippen LogP contribution in [0, 0.1) is 4.77 Å². The number of nitrogens with zero attached hydrogens (tertiary/aromatic N) is 1. The molecule has 1 N–H and O–H groups in total. The Kier molecular flexibility index (Phi) is 6.00. The van der Waals surface area contributed by atoms with Crippen molar-refractivity contribution < 1.29 is 14.3 Å². The molecular formula is C25H20N2O4S. The van der Waals surface area contributed by atoms with Gasteiger partial charge in [0, 0.05) is 5.56 Å². The van der Waals surface area contributed by atoms with Gasteiger partial charge < -0.3 is 14.5 Å². The second-order valence-corrected chi connectivity index (χ2v) is 7.33. The Bertz CT molecular complexity index is 1370. The van der Waals surface area contributed by atoms with Crippen LogP contribution in [0.3, 0.4) is 0 Å². The summed E-state index contributed by atoms with van der Waals surface area (Å²) in [6.07, 6.45) is 0. The van der Waals surface area contributed by atoms with Crippen LogP contribution in [0.4, 0.5) is 0 Å². The van der Waals surface area contributed by atoms with Gasteiger partial charge in [0.1, 0.15) is 17.1 Å². The number of ketones is 1. The first kappa shape index (κ1) is 21.3. The van der Waals surface area contributed by atoms with E-state index in [-0.39, 0.29) is 10.3 Å². The molecule has 0 aliphatic rings. The average Bonchev–Trinajstić information content (AvgIpc) is 2.84. The molecular weight excluding hydrogens is 424 g/mol.